The number of benzene rings is 1. The van der Waals surface area contributed by atoms with Crippen LogP contribution in [-0.4, -0.2) is 43.8 Å². The van der Waals surface area contributed by atoms with Gasteiger partial charge in [-0.2, -0.15) is 0 Å². The number of ether oxygens (including phenoxy) is 2. The van der Waals surface area contributed by atoms with Crippen molar-refractivity contribution < 1.29 is 24.5 Å². The highest BCUT2D eigenvalue weighted by molar-refractivity contribution is 9.10. The Morgan fingerprint density at radius 3 is 2.59 bits per heavy atom. The molecule has 2 N–H and O–H groups in total. The zero-order chi connectivity index (χ0) is 16.8. The first kappa shape index (κ1) is 19.2. The van der Waals surface area contributed by atoms with Crippen LogP contribution in [0, 0.1) is 0 Å². The summed E-state index contributed by atoms with van der Waals surface area (Å²) < 4.78 is 11.7. The quantitative estimate of drug-likeness (QED) is 0.384. The molecule has 0 saturated heterocycles. The van der Waals surface area contributed by atoms with Crippen LogP contribution in [0.25, 0.3) is 0 Å². The number of carboxylic acids is 1. The van der Waals surface area contributed by atoms with E-state index in [9.17, 15) is 9.90 Å². The number of rotatable bonds is 9. The Hall–Kier alpha value is -0.893. The highest BCUT2D eigenvalue weighted by Gasteiger charge is 2.15. The Balaban J connectivity index is 2.44. The van der Waals surface area contributed by atoms with Crippen LogP contribution >= 0.6 is 15.9 Å². The molecule has 1 unspecified atom stereocenters. The normalized spacial score (nSPS) is 13.0. The van der Waals surface area contributed by atoms with Gasteiger partial charge in [0, 0.05) is 21.1 Å². The van der Waals surface area contributed by atoms with Gasteiger partial charge in [-0.15, -0.1) is 0 Å². The standard InChI is InChI=1S/C15H23BrO5Si/c1-22(2,3)7-6-20-10-21-14-5-4-11(8-12(14)16)9-13(17)15(18)19/h4-5,8,13,17H,6-7,9-10H2,1-3H3,(H,18,19). The minimum atomic E-state index is -1.40. The number of carbonyl (C=O) groups is 1. The number of halogens is 1. The molecular weight excluding hydrogens is 368 g/mol. The Kier molecular flexibility index (Phi) is 7.54. The van der Waals surface area contributed by atoms with Gasteiger partial charge in [-0.3, -0.25) is 0 Å². The maximum Gasteiger partial charge on any atom is 0.332 e. The average Bonchev–Trinajstić information content (AvgIpc) is 2.39. The summed E-state index contributed by atoms with van der Waals surface area (Å²) in [7, 11) is -1.09. The van der Waals surface area contributed by atoms with Gasteiger partial charge in [0.2, 0.25) is 0 Å². The molecule has 1 atom stereocenters. The topological polar surface area (TPSA) is 76.0 Å². The van der Waals surface area contributed by atoms with Crippen molar-refractivity contribution in [2.75, 3.05) is 13.4 Å². The Morgan fingerprint density at radius 1 is 1.36 bits per heavy atom. The summed E-state index contributed by atoms with van der Waals surface area (Å²) in [5.74, 6) is -0.603. The highest BCUT2D eigenvalue weighted by atomic mass is 79.9. The van der Waals surface area contributed by atoms with E-state index < -0.39 is 20.1 Å². The van der Waals surface area contributed by atoms with Crippen molar-refractivity contribution >= 4 is 30.0 Å². The molecule has 0 aromatic heterocycles. The van der Waals surface area contributed by atoms with E-state index in [0.717, 1.165) is 6.04 Å². The first-order chi connectivity index (χ1) is 10.2. The van der Waals surface area contributed by atoms with E-state index >= 15 is 0 Å². The van der Waals surface area contributed by atoms with E-state index in [1.807, 2.05) is 0 Å². The third-order valence-corrected chi connectivity index (χ3v) is 5.33. The molecule has 0 spiro atoms. The summed E-state index contributed by atoms with van der Waals surface area (Å²) >= 11 is 3.37. The second-order valence-corrected chi connectivity index (χ2v) is 12.8. The van der Waals surface area contributed by atoms with Gasteiger partial charge < -0.3 is 19.7 Å². The first-order valence-corrected chi connectivity index (χ1v) is 11.6. The maximum atomic E-state index is 10.6. The molecule has 1 aromatic carbocycles. The van der Waals surface area contributed by atoms with Crippen molar-refractivity contribution in [2.24, 2.45) is 0 Å². The van der Waals surface area contributed by atoms with Gasteiger partial charge in [0.1, 0.15) is 5.75 Å². The van der Waals surface area contributed by atoms with Crippen LogP contribution in [0.15, 0.2) is 22.7 Å². The lowest BCUT2D eigenvalue weighted by atomic mass is 10.1. The summed E-state index contributed by atoms with van der Waals surface area (Å²) in [6, 6.07) is 6.29. The molecule has 0 saturated carbocycles. The number of aliphatic carboxylic acids is 1. The summed E-state index contributed by atoms with van der Waals surface area (Å²) in [6.07, 6.45) is -1.34. The predicted octanol–water partition coefficient (Wildman–Crippen LogP) is 3.13. The molecule has 124 valence electrons. The van der Waals surface area contributed by atoms with Crippen LogP contribution in [0.1, 0.15) is 5.56 Å². The molecule has 5 nitrogen and oxygen atoms in total. The number of aliphatic hydroxyl groups excluding tert-OH is 1. The lowest BCUT2D eigenvalue weighted by Crippen LogP contribution is -2.22. The molecule has 1 rings (SSSR count). The SMILES string of the molecule is C[Si](C)(C)CCOCOc1ccc(CC(O)C(=O)O)cc1Br. The van der Waals surface area contributed by atoms with Crippen molar-refractivity contribution in [3.05, 3.63) is 28.2 Å². The smallest absolute Gasteiger partial charge is 0.332 e. The molecule has 1 aromatic rings. The van der Waals surface area contributed by atoms with Crippen LogP contribution in [-0.2, 0) is 16.0 Å². The van der Waals surface area contributed by atoms with Gasteiger partial charge in [0.25, 0.3) is 0 Å². The summed E-state index contributed by atoms with van der Waals surface area (Å²) in [6.45, 7) is 7.74. The van der Waals surface area contributed by atoms with E-state index in [4.69, 9.17) is 14.6 Å². The van der Waals surface area contributed by atoms with Crippen LogP contribution in [0.3, 0.4) is 0 Å². The van der Waals surface area contributed by atoms with Gasteiger partial charge >= 0.3 is 5.97 Å². The van der Waals surface area contributed by atoms with Crippen LogP contribution < -0.4 is 4.74 Å². The average molecular weight is 391 g/mol. The fraction of sp³-hybridized carbons (Fsp3) is 0.533. The van der Waals surface area contributed by atoms with Crippen molar-refractivity contribution in [3.63, 3.8) is 0 Å². The molecule has 0 amide bonds. The molecule has 0 fully saturated rings. The number of aliphatic hydroxyl groups is 1. The molecule has 0 heterocycles. The maximum absolute atomic E-state index is 10.6. The van der Waals surface area contributed by atoms with Gasteiger partial charge in [-0.1, -0.05) is 25.7 Å². The fourth-order valence-corrected chi connectivity index (χ4v) is 2.94. The van der Waals surface area contributed by atoms with Crippen molar-refractivity contribution in [1.29, 1.82) is 0 Å². The lowest BCUT2D eigenvalue weighted by Gasteiger charge is -2.16. The molecular formula is C15H23BrO5Si. The molecule has 22 heavy (non-hydrogen) atoms. The third-order valence-electron chi connectivity index (χ3n) is 3.00. The predicted molar refractivity (Wildman–Crippen MR) is 91.1 cm³/mol. The van der Waals surface area contributed by atoms with Gasteiger partial charge in [0.15, 0.2) is 12.9 Å². The zero-order valence-corrected chi connectivity index (χ0v) is 15.7. The first-order valence-electron chi connectivity index (χ1n) is 7.09. The third kappa shape index (κ3) is 7.39. The lowest BCUT2D eigenvalue weighted by molar-refractivity contribution is -0.146. The minimum absolute atomic E-state index is 0.0565. The van der Waals surface area contributed by atoms with Gasteiger partial charge in [0.05, 0.1) is 4.47 Å². The van der Waals surface area contributed by atoms with Crippen LogP contribution in [0.4, 0.5) is 0 Å². The highest BCUT2D eigenvalue weighted by Crippen LogP contribution is 2.26. The zero-order valence-electron chi connectivity index (χ0n) is 13.1. The fourth-order valence-electron chi connectivity index (χ4n) is 1.64. The largest absolute Gasteiger partial charge is 0.479 e. The summed E-state index contributed by atoms with van der Waals surface area (Å²) in [5, 5.41) is 18.0. The van der Waals surface area contributed by atoms with E-state index in [2.05, 4.69) is 35.6 Å². The number of carboxylic acid groups (broad SMARTS) is 1. The molecule has 0 bridgehead atoms. The Bertz CT molecular complexity index is 501. The van der Waals surface area contributed by atoms with E-state index in [1.54, 1.807) is 18.2 Å². The van der Waals surface area contributed by atoms with Crippen molar-refractivity contribution in [1.82, 2.24) is 0 Å². The van der Waals surface area contributed by atoms with Crippen molar-refractivity contribution in [3.8, 4) is 5.75 Å². The van der Waals surface area contributed by atoms with Crippen LogP contribution in [0.2, 0.25) is 25.7 Å². The van der Waals surface area contributed by atoms with Crippen molar-refractivity contribution in [2.45, 2.75) is 38.2 Å². The monoisotopic (exact) mass is 390 g/mol. The van der Waals surface area contributed by atoms with Gasteiger partial charge in [-0.25, -0.2) is 4.79 Å². The summed E-state index contributed by atoms with van der Waals surface area (Å²) in [4.78, 5) is 10.6. The number of hydrogen-bond donors (Lipinski definition) is 2. The molecule has 0 radical (unpaired) electrons. The van der Waals surface area contributed by atoms with Gasteiger partial charge in [-0.05, 0) is 39.7 Å². The molecule has 0 aliphatic rings. The Morgan fingerprint density at radius 2 is 2.05 bits per heavy atom. The van der Waals surface area contributed by atoms with E-state index in [-0.39, 0.29) is 13.2 Å². The second-order valence-electron chi connectivity index (χ2n) is 6.30. The van der Waals surface area contributed by atoms with E-state index in [1.165, 1.54) is 0 Å². The van der Waals surface area contributed by atoms with E-state index in [0.29, 0.717) is 22.4 Å². The molecule has 7 heteroatoms. The minimum Gasteiger partial charge on any atom is -0.479 e. The Labute approximate surface area is 140 Å². The van der Waals surface area contributed by atoms with Crippen LogP contribution in [0.5, 0.6) is 5.75 Å². The molecule has 0 aliphatic heterocycles. The summed E-state index contributed by atoms with van der Waals surface area (Å²) in [5.41, 5.74) is 0.716. The molecule has 0 aliphatic carbocycles. The number of hydrogen-bond acceptors (Lipinski definition) is 4. The second kappa shape index (κ2) is 8.66.